The highest BCUT2D eigenvalue weighted by atomic mass is 35.5. The van der Waals surface area contributed by atoms with Gasteiger partial charge in [0.2, 0.25) is 0 Å². The number of benzene rings is 4. The topological polar surface area (TPSA) is 113 Å². The molecule has 1 unspecified atom stereocenters. The third-order valence-corrected chi connectivity index (χ3v) is 9.05. The number of hydrogen-bond acceptors (Lipinski definition) is 6. The Morgan fingerprint density at radius 1 is 0.925 bits per heavy atom. The fraction of sp³-hybridized carbons (Fsp3) is 0.143. The van der Waals surface area contributed by atoms with Crippen molar-refractivity contribution in [3.05, 3.63) is 89.3 Å². The van der Waals surface area contributed by atoms with E-state index >= 15 is 0 Å². The van der Waals surface area contributed by atoms with Crippen LogP contribution >= 0.6 is 58.0 Å². The standard InChI is InChI=1S/C28H17Cl5O7/c1-39-28(19-15(10-34)20(29)22(31)23(32)21(19)30)16-6-2-11-8-13(35)4-5-14(11)26(16)40-27-17(28)9-12(3-7-18(36)37)25(38)24(27)33/h2,4-6,8-10,35,38H,3,7H2,1H3,(H,36,37). The molecule has 0 saturated carbocycles. The summed E-state index contributed by atoms with van der Waals surface area (Å²) in [6, 6.07) is 9.45. The van der Waals surface area contributed by atoms with Crippen molar-refractivity contribution in [2.45, 2.75) is 18.4 Å². The highest BCUT2D eigenvalue weighted by Gasteiger charge is 2.50. The van der Waals surface area contributed by atoms with E-state index in [-0.39, 0.29) is 83.2 Å². The highest BCUT2D eigenvalue weighted by molar-refractivity contribution is 6.53. The largest absolute Gasteiger partial charge is 0.508 e. The monoisotopic (exact) mass is 640 g/mol. The summed E-state index contributed by atoms with van der Waals surface area (Å²) in [6.07, 6.45) is 0.0647. The fourth-order valence-corrected chi connectivity index (χ4v) is 6.39. The number of halogens is 5. The molecule has 0 aliphatic carbocycles. The number of carbonyl (C=O) groups excluding carboxylic acids is 1. The number of aromatic hydroxyl groups is 2. The Labute approximate surface area is 252 Å². The van der Waals surface area contributed by atoms with Gasteiger partial charge in [-0.2, -0.15) is 0 Å². The van der Waals surface area contributed by atoms with Gasteiger partial charge in [-0.1, -0.05) is 70.1 Å². The predicted molar refractivity (Wildman–Crippen MR) is 154 cm³/mol. The molecule has 12 heteroatoms. The zero-order valence-electron chi connectivity index (χ0n) is 20.3. The molecule has 1 atom stereocenters. The van der Waals surface area contributed by atoms with Crippen molar-refractivity contribution >= 4 is 81.0 Å². The summed E-state index contributed by atoms with van der Waals surface area (Å²) in [6.45, 7) is 0. The molecule has 40 heavy (non-hydrogen) atoms. The number of carbonyl (C=O) groups is 2. The number of phenolic OH excluding ortho intramolecular Hbond substituents is 2. The van der Waals surface area contributed by atoms with Crippen LogP contribution in [0.1, 0.15) is 39.0 Å². The number of hydrogen-bond donors (Lipinski definition) is 3. The molecule has 1 aliphatic heterocycles. The molecule has 0 bridgehead atoms. The molecule has 206 valence electrons. The molecule has 0 radical (unpaired) electrons. The third-order valence-electron chi connectivity index (χ3n) is 6.88. The minimum atomic E-state index is -1.78. The van der Waals surface area contributed by atoms with Gasteiger partial charge in [0, 0.05) is 41.2 Å². The molecule has 5 rings (SSSR count). The van der Waals surface area contributed by atoms with Gasteiger partial charge in [-0.05, 0) is 41.6 Å². The lowest BCUT2D eigenvalue weighted by molar-refractivity contribution is -0.136. The summed E-state index contributed by atoms with van der Waals surface area (Å²) in [5.41, 5.74) is -1.14. The van der Waals surface area contributed by atoms with Gasteiger partial charge in [-0.3, -0.25) is 9.59 Å². The van der Waals surface area contributed by atoms with Crippen LogP contribution in [0.2, 0.25) is 25.1 Å². The highest BCUT2D eigenvalue weighted by Crippen LogP contribution is 2.60. The number of rotatable bonds is 6. The van der Waals surface area contributed by atoms with E-state index in [4.69, 9.17) is 67.5 Å². The first kappa shape index (κ1) is 28.6. The van der Waals surface area contributed by atoms with Crippen molar-refractivity contribution in [2.75, 3.05) is 7.11 Å². The minimum absolute atomic E-state index is 0.0166. The molecule has 0 saturated heterocycles. The number of ether oxygens (including phenoxy) is 2. The summed E-state index contributed by atoms with van der Waals surface area (Å²) in [5, 5.41) is 30.6. The SMILES string of the molecule is COC1(c2c(Cl)c(Cl)c(Cl)c(Cl)c2C=O)c2cc(CCC(=O)O)c(O)c(Cl)c2Oc2c1ccc1cc(O)ccc21. The number of carboxylic acids is 1. The van der Waals surface area contributed by atoms with Gasteiger partial charge in [0.15, 0.2) is 17.6 Å². The molecule has 1 aliphatic rings. The van der Waals surface area contributed by atoms with Crippen LogP contribution in [0.3, 0.4) is 0 Å². The molecule has 1 heterocycles. The van der Waals surface area contributed by atoms with E-state index in [0.717, 1.165) is 0 Å². The first-order valence-electron chi connectivity index (χ1n) is 11.5. The Kier molecular flexibility index (Phi) is 7.50. The van der Waals surface area contributed by atoms with Crippen LogP contribution in [0.5, 0.6) is 23.0 Å². The maximum Gasteiger partial charge on any atom is 0.303 e. The molecule has 7 nitrogen and oxygen atoms in total. The minimum Gasteiger partial charge on any atom is -0.508 e. The van der Waals surface area contributed by atoms with Crippen LogP contribution in [0.15, 0.2) is 36.4 Å². The van der Waals surface area contributed by atoms with E-state index in [9.17, 15) is 24.9 Å². The summed E-state index contributed by atoms with van der Waals surface area (Å²) in [4.78, 5) is 23.8. The summed E-state index contributed by atoms with van der Waals surface area (Å²) >= 11 is 32.7. The lowest BCUT2D eigenvalue weighted by Gasteiger charge is -2.42. The van der Waals surface area contributed by atoms with Crippen LogP contribution in [-0.4, -0.2) is 34.7 Å². The maximum absolute atomic E-state index is 12.5. The van der Waals surface area contributed by atoms with E-state index in [1.165, 1.54) is 25.3 Å². The lowest BCUT2D eigenvalue weighted by atomic mass is 9.74. The Morgan fingerprint density at radius 3 is 2.27 bits per heavy atom. The number of fused-ring (bicyclic) bond motifs is 4. The van der Waals surface area contributed by atoms with Crippen molar-refractivity contribution in [3.63, 3.8) is 0 Å². The summed E-state index contributed by atoms with van der Waals surface area (Å²) < 4.78 is 12.6. The smallest absolute Gasteiger partial charge is 0.303 e. The van der Waals surface area contributed by atoms with Crippen molar-refractivity contribution < 1.29 is 34.4 Å². The maximum atomic E-state index is 12.5. The molecule has 4 aromatic rings. The Morgan fingerprint density at radius 2 is 1.62 bits per heavy atom. The van der Waals surface area contributed by atoms with Gasteiger partial charge in [-0.25, -0.2) is 0 Å². The molecule has 0 amide bonds. The number of phenols is 2. The van der Waals surface area contributed by atoms with Crippen molar-refractivity contribution in [3.8, 4) is 23.0 Å². The number of aldehydes is 1. The Bertz CT molecular complexity index is 1750. The van der Waals surface area contributed by atoms with E-state index < -0.39 is 11.6 Å². The quantitative estimate of drug-likeness (QED) is 0.110. The number of aryl methyl sites for hydroxylation is 1. The van der Waals surface area contributed by atoms with Crippen LogP contribution in [0, 0.1) is 0 Å². The summed E-state index contributed by atoms with van der Waals surface area (Å²) in [5.74, 6) is -1.28. The second-order valence-corrected chi connectivity index (χ2v) is 10.9. The average Bonchev–Trinajstić information content (AvgIpc) is 2.93. The van der Waals surface area contributed by atoms with Crippen LogP contribution in [0.4, 0.5) is 0 Å². The molecule has 0 fully saturated rings. The molecule has 4 aromatic carbocycles. The Balaban J connectivity index is 2.00. The predicted octanol–water partition coefficient (Wildman–Crippen LogP) is 8.39. The van der Waals surface area contributed by atoms with Gasteiger partial charge in [0.25, 0.3) is 0 Å². The fourth-order valence-electron chi connectivity index (χ4n) is 5.09. The van der Waals surface area contributed by atoms with Crippen LogP contribution in [-0.2, 0) is 21.6 Å². The van der Waals surface area contributed by atoms with Crippen molar-refractivity contribution in [1.82, 2.24) is 0 Å². The molecular weight excluding hydrogens is 626 g/mol. The molecular formula is C28H17Cl5O7. The van der Waals surface area contributed by atoms with E-state index in [2.05, 4.69) is 0 Å². The first-order valence-corrected chi connectivity index (χ1v) is 13.4. The summed E-state index contributed by atoms with van der Waals surface area (Å²) in [7, 11) is 1.36. The molecule has 3 N–H and O–H groups in total. The van der Waals surface area contributed by atoms with E-state index in [1.54, 1.807) is 18.2 Å². The third kappa shape index (κ3) is 4.15. The van der Waals surface area contributed by atoms with Gasteiger partial charge in [0.05, 0.1) is 20.1 Å². The van der Waals surface area contributed by atoms with Gasteiger partial charge < -0.3 is 24.8 Å². The van der Waals surface area contributed by atoms with Crippen molar-refractivity contribution in [2.24, 2.45) is 0 Å². The van der Waals surface area contributed by atoms with Crippen LogP contribution < -0.4 is 4.74 Å². The average molecular weight is 643 g/mol. The second-order valence-electron chi connectivity index (χ2n) is 8.97. The normalized spacial score (nSPS) is 15.8. The van der Waals surface area contributed by atoms with Gasteiger partial charge in [-0.15, -0.1) is 0 Å². The number of carboxylic acid groups (broad SMARTS) is 1. The van der Waals surface area contributed by atoms with Gasteiger partial charge in [0.1, 0.15) is 22.3 Å². The van der Waals surface area contributed by atoms with Crippen molar-refractivity contribution in [1.29, 1.82) is 0 Å². The van der Waals surface area contributed by atoms with E-state index in [0.29, 0.717) is 22.6 Å². The molecule has 0 aromatic heterocycles. The van der Waals surface area contributed by atoms with Gasteiger partial charge >= 0.3 is 5.97 Å². The number of methoxy groups -OCH3 is 1. The Hall–Kier alpha value is -2.91. The lowest BCUT2D eigenvalue weighted by Crippen LogP contribution is -2.36. The molecule has 0 spiro atoms. The van der Waals surface area contributed by atoms with Crippen LogP contribution in [0.25, 0.3) is 10.8 Å². The zero-order valence-corrected chi connectivity index (χ0v) is 24.1. The number of aliphatic carboxylic acids is 1. The second kappa shape index (κ2) is 10.5. The zero-order chi connectivity index (χ0) is 29.1. The van der Waals surface area contributed by atoms with E-state index in [1.807, 2.05) is 0 Å². The first-order chi connectivity index (χ1) is 19.0.